The van der Waals surface area contributed by atoms with Crippen molar-refractivity contribution in [1.29, 1.82) is 0 Å². The third-order valence-electron chi connectivity index (χ3n) is 3.01. The molecule has 1 aromatic carbocycles. The van der Waals surface area contributed by atoms with Crippen molar-refractivity contribution in [2.75, 3.05) is 0 Å². The summed E-state index contributed by atoms with van der Waals surface area (Å²) in [6.07, 6.45) is 1.65. The molecule has 0 spiro atoms. The lowest BCUT2D eigenvalue weighted by molar-refractivity contribution is 0.692. The third-order valence-corrected chi connectivity index (χ3v) is 3.01. The molecule has 0 aliphatic carbocycles. The number of hydrogen-bond donors (Lipinski definition) is 1. The van der Waals surface area contributed by atoms with Crippen LogP contribution in [-0.4, -0.2) is 19.3 Å². The van der Waals surface area contributed by atoms with Gasteiger partial charge in [-0.1, -0.05) is 30.3 Å². The summed E-state index contributed by atoms with van der Waals surface area (Å²) < 4.78 is 2.69. The van der Waals surface area contributed by atoms with Gasteiger partial charge in [0, 0.05) is 13.2 Å². The molecule has 0 aliphatic rings. The van der Waals surface area contributed by atoms with Crippen LogP contribution in [0.2, 0.25) is 0 Å². The second-order valence-corrected chi connectivity index (χ2v) is 4.37. The van der Waals surface area contributed by atoms with Crippen LogP contribution in [0.1, 0.15) is 5.56 Å². The van der Waals surface area contributed by atoms with Crippen molar-refractivity contribution in [2.45, 2.75) is 6.54 Å². The number of nitrogens with one attached hydrogen (secondary N) is 1. The summed E-state index contributed by atoms with van der Waals surface area (Å²) in [5.41, 5.74) is 0.610. The number of aromatic nitrogens is 4. The van der Waals surface area contributed by atoms with Gasteiger partial charge in [-0.3, -0.25) is 19.0 Å². The van der Waals surface area contributed by atoms with Gasteiger partial charge in [0.05, 0.1) is 6.54 Å². The molecule has 0 fully saturated rings. The molecule has 0 amide bonds. The molecule has 0 radical (unpaired) electrons. The molecule has 3 rings (SSSR count). The van der Waals surface area contributed by atoms with Crippen LogP contribution < -0.4 is 11.2 Å². The minimum atomic E-state index is -0.456. The van der Waals surface area contributed by atoms with Gasteiger partial charge in [-0.05, 0) is 5.56 Å². The van der Waals surface area contributed by atoms with Gasteiger partial charge in [-0.2, -0.15) is 5.10 Å². The fourth-order valence-electron chi connectivity index (χ4n) is 1.98. The highest BCUT2D eigenvalue weighted by Gasteiger charge is 2.08. The van der Waals surface area contributed by atoms with Gasteiger partial charge in [0.15, 0.2) is 5.65 Å². The lowest BCUT2D eigenvalue weighted by atomic mass is 10.2. The van der Waals surface area contributed by atoms with Crippen LogP contribution in [0.5, 0.6) is 0 Å². The molecule has 19 heavy (non-hydrogen) atoms. The molecule has 2 heterocycles. The van der Waals surface area contributed by atoms with E-state index in [9.17, 15) is 9.59 Å². The van der Waals surface area contributed by atoms with Crippen LogP contribution in [0, 0.1) is 0 Å². The van der Waals surface area contributed by atoms with Gasteiger partial charge >= 0.3 is 5.69 Å². The number of fused-ring (bicyclic) bond motifs is 1. The van der Waals surface area contributed by atoms with Crippen LogP contribution in [0.25, 0.3) is 11.0 Å². The van der Waals surface area contributed by atoms with E-state index in [0.717, 1.165) is 10.1 Å². The molecule has 3 aromatic rings. The Morgan fingerprint density at radius 2 is 1.95 bits per heavy atom. The lowest BCUT2D eigenvalue weighted by Crippen LogP contribution is -2.31. The maximum Gasteiger partial charge on any atom is 0.329 e. The highest BCUT2D eigenvalue weighted by Crippen LogP contribution is 2.06. The predicted molar refractivity (Wildman–Crippen MR) is 71.1 cm³/mol. The van der Waals surface area contributed by atoms with Gasteiger partial charge in [0.25, 0.3) is 5.56 Å². The minimum absolute atomic E-state index is 0.323. The number of hydrogen-bond acceptors (Lipinski definition) is 3. The summed E-state index contributed by atoms with van der Waals surface area (Å²) >= 11 is 0. The van der Waals surface area contributed by atoms with Crippen molar-refractivity contribution >= 4 is 11.0 Å². The Bertz CT molecular complexity index is 842. The fourth-order valence-corrected chi connectivity index (χ4v) is 1.98. The maximum atomic E-state index is 11.9. The number of rotatable bonds is 2. The van der Waals surface area contributed by atoms with Crippen molar-refractivity contribution in [1.82, 2.24) is 19.3 Å². The van der Waals surface area contributed by atoms with E-state index in [2.05, 4.69) is 10.1 Å². The van der Waals surface area contributed by atoms with Gasteiger partial charge in [0.1, 0.15) is 5.39 Å². The Morgan fingerprint density at radius 3 is 2.68 bits per heavy atom. The number of H-pyrrole nitrogens is 1. The first-order valence-electron chi connectivity index (χ1n) is 5.85. The number of benzene rings is 1. The average Bonchev–Trinajstić information content (AvgIpc) is 2.80. The van der Waals surface area contributed by atoms with Crippen LogP contribution in [0.3, 0.4) is 0 Å². The largest absolute Gasteiger partial charge is 0.329 e. The highest BCUT2D eigenvalue weighted by atomic mass is 16.2. The summed E-state index contributed by atoms with van der Waals surface area (Å²) in [5, 5.41) is 4.63. The van der Waals surface area contributed by atoms with Crippen molar-refractivity contribution in [3.05, 3.63) is 62.9 Å². The highest BCUT2D eigenvalue weighted by molar-refractivity contribution is 5.72. The number of nitrogens with zero attached hydrogens (tertiary/aromatic N) is 3. The Hall–Kier alpha value is -2.63. The lowest BCUT2D eigenvalue weighted by Gasteiger charge is -1.99. The van der Waals surface area contributed by atoms with Gasteiger partial charge in [0.2, 0.25) is 0 Å². The van der Waals surface area contributed by atoms with Gasteiger partial charge in [-0.15, -0.1) is 0 Å². The fraction of sp³-hybridized carbons (Fsp3) is 0.154. The van der Waals surface area contributed by atoms with E-state index in [1.54, 1.807) is 10.9 Å². The smallest absolute Gasteiger partial charge is 0.290 e. The van der Waals surface area contributed by atoms with E-state index in [0.29, 0.717) is 17.6 Å². The predicted octanol–water partition coefficient (Wildman–Crippen LogP) is 0.472. The molecule has 6 heteroatoms. The summed E-state index contributed by atoms with van der Waals surface area (Å²) in [6.45, 7) is 0.556. The summed E-state index contributed by atoms with van der Waals surface area (Å²) in [5.74, 6) is 0. The van der Waals surface area contributed by atoms with Crippen LogP contribution in [0.15, 0.2) is 46.1 Å². The second kappa shape index (κ2) is 4.24. The molecule has 0 saturated heterocycles. The summed E-state index contributed by atoms with van der Waals surface area (Å²) in [4.78, 5) is 26.0. The average molecular weight is 256 g/mol. The zero-order chi connectivity index (χ0) is 13.4. The van der Waals surface area contributed by atoms with Crippen LogP contribution >= 0.6 is 0 Å². The summed E-state index contributed by atoms with van der Waals surface area (Å²) in [6, 6.07) is 9.79. The van der Waals surface area contributed by atoms with E-state index < -0.39 is 5.69 Å². The SMILES string of the molecule is Cn1c(=O)[nH]c2nn(Cc3ccccc3)cc2c1=O. The molecule has 0 aliphatic heterocycles. The quantitative estimate of drug-likeness (QED) is 0.724. The first kappa shape index (κ1) is 11.5. The molecule has 6 nitrogen and oxygen atoms in total. The monoisotopic (exact) mass is 256 g/mol. The third kappa shape index (κ3) is 1.97. The Kier molecular flexibility index (Phi) is 2.56. The van der Waals surface area contributed by atoms with E-state index in [-0.39, 0.29) is 5.56 Å². The molecular weight excluding hydrogens is 244 g/mol. The van der Waals surface area contributed by atoms with E-state index in [1.807, 2.05) is 30.3 Å². The zero-order valence-electron chi connectivity index (χ0n) is 10.3. The first-order chi connectivity index (χ1) is 9.15. The van der Waals surface area contributed by atoms with E-state index in [4.69, 9.17) is 0 Å². The van der Waals surface area contributed by atoms with Gasteiger partial charge in [-0.25, -0.2) is 4.79 Å². The standard InChI is InChI=1S/C13H12N4O2/c1-16-12(18)10-8-17(15-11(10)14-13(16)19)7-9-5-3-2-4-6-9/h2-6,8H,7H2,1H3,(H,14,15,19). The normalized spacial score (nSPS) is 11.0. The molecule has 0 unspecified atom stereocenters. The van der Waals surface area contributed by atoms with Crippen molar-refractivity contribution in [2.24, 2.45) is 7.05 Å². The van der Waals surface area contributed by atoms with Crippen molar-refractivity contribution < 1.29 is 0 Å². The number of aromatic amines is 1. The zero-order valence-corrected chi connectivity index (χ0v) is 10.3. The molecule has 0 saturated carbocycles. The van der Waals surface area contributed by atoms with Crippen molar-refractivity contribution in [3.63, 3.8) is 0 Å². The second-order valence-electron chi connectivity index (χ2n) is 4.37. The Balaban J connectivity index is 2.10. The summed E-state index contributed by atoms with van der Waals surface area (Å²) in [7, 11) is 1.44. The van der Waals surface area contributed by atoms with E-state index >= 15 is 0 Å². The van der Waals surface area contributed by atoms with Gasteiger partial charge < -0.3 is 0 Å². The van der Waals surface area contributed by atoms with Crippen LogP contribution in [0.4, 0.5) is 0 Å². The minimum Gasteiger partial charge on any atom is -0.290 e. The molecule has 2 aromatic heterocycles. The maximum absolute atomic E-state index is 11.9. The Morgan fingerprint density at radius 1 is 1.21 bits per heavy atom. The molecule has 0 atom stereocenters. The molecular formula is C13H12N4O2. The molecule has 96 valence electrons. The molecule has 1 N–H and O–H groups in total. The first-order valence-corrected chi connectivity index (χ1v) is 5.85. The van der Waals surface area contributed by atoms with Crippen LogP contribution in [-0.2, 0) is 13.6 Å². The van der Waals surface area contributed by atoms with E-state index in [1.165, 1.54) is 7.05 Å². The van der Waals surface area contributed by atoms with Crippen molar-refractivity contribution in [3.8, 4) is 0 Å². The molecule has 0 bridgehead atoms. The topological polar surface area (TPSA) is 72.7 Å². The Labute approximate surface area is 107 Å².